The van der Waals surface area contributed by atoms with Gasteiger partial charge in [0.05, 0.1) is 0 Å². The van der Waals surface area contributed by atoms with Crippen molar-refractivity contribution in [2.24, 2.45) is 0 Å². The number of nitrogens with zero attached hydrogens (tertiary/aromatic N) is 2. The van der Waals surface area contributed by atoms with Gasteiger partial charge in [-0.25, -0.2) is 9.97 Å². The van der Waals surface area contributed by atoms with Gasteiger partial charge in [-0.3, -0.25) is 5.41 Å². The molecule has 0 bridgehead atoms. The second-order valence-electron chi connectivity index (χ2n) is 5.23. The maximum absolute atomic E-state index is 7.96. The average molecular weight is 402 g/mol. The Labute approximate surface area is 160 Å². The van der Waals surface area contributed by atoms with Crippen molar-refractivity contribution in [1.82, 2.24) is 20.6 Å². The van der Waals surface area contributed by atoms with E-state index in [0.717, 1.165) is 34.6 Å². The third-order valence-electron chi connectivity index (χ3n) is 3.08. The highest BCUT2D eigenvalue weighted by Gasteiger charge is 2.08. The van der Waals surface area contributed by atoms with E-state index in [1.165, 1.54) is 0 Å². The minimum absolute atomic E-state index is 0.401. The van der Waals surface area contributed by atoms with E-state index in [2.05, 4.69) is 34.4 Å². The summed E-state index contributed by atoms with van der Waals surface area (Å²) < 4.78 is 0. The maximum Gasteiger partial charge on any atom is 0.188 e. The van der Waals surface area contributed by atoms with Crippen LogP contribution in [0.5, 0.6) is 0 Å². The summed E-state index contributed by atoms with van der Waals surface area (Å²) in [5, 5.41) is 21.5. The van der Waals surface area contributed by atoms with Crippen LogP contribution in [0.15, 0.2) is 23.2 Å². The molecule has 0 aliphatic rings. The van der Waals surface area contributed by atoms with Crippen molar-refractivity contribution in [1.29, 1.82) is 5.41 Å². The standard InChI is InChI=1S/C15H23N5S4/c1-11(23-9-13-17-3-5-21-13)7-19-15(16)20-8-12(2)24-10-14-18-4-6-22-14/h3-6,11-12H,7-10H2,1-2H3,(H3,16,19,20). The number of aromatic nitrogens is 2. The van der Waals surface area contributed by atoms with Crippen molar-refractivity contribution in [3.8, 4) is 0 Å². The lowest BCUT2D eigenvalue weighted by Crippen LogP contribution is -2.41. The van der Waals surface area contributed by atoms with E-state index in [1.54, 1.807) is 22.7 Å². The van der Waals surface area contributed by atoms with Gasteiger partial charge in [0.15, 0.2) is 5.96 Å². The smallest absolute Gasteiger partial charge is 0.188 e. The Hall–Kier alpha value is -0.770. The molecule has 2 aromatic heterocycles. The van der Waals surface area contributed by atoms with E-state index in [9.17, 15) is 0 Å². The van der Waals surface area contributed by atoms with Gasteiger partial charge in [0, 0.05) is 58.2 Å². The van der Waals surface area contributed by atoms with Crippen molar-refractivity contribution >= 4 is 52.2 Å². The molecule has 0 aliphatic carbocycles. The summed E-state index contributed by atoms with van der Waals surface area (Å²) >= 11 is 7.10. The van der Waals surface area contributed by atoms with Gasteiger partial charge in [-0.1, -0.05) is 13.8 Å². The Morgan fingerprint density at radius 3 is 1.83 bits per heavy atom. The molecule has 0 radical (unpaired) electrons. The van der Waals surface area contributed by atoms with Crippen LogP contribution in [0, 0.1) is 5.41 Å². The molecule has 2 atom stereocenters. The van der Waals surface area contributed by atoms with Crippen LogP contribution in [0.3, 0.4) is 0 Å². The minimum Gasteiger partial charge on any atom is -0.355 e. The van der Waals surface area contributed by atoms with Crippen molar-refractivity contribution < 1.29 is 0 Å². The first-order chi connectivity index (χ1) is 11.6. The SMILES string of the molecule is CC(CNC(=N)NCC(C)SCc1nccs1)SCc1nccs1. The zero-order valence-corrected chi connectivity index (χ0v) is 17.1. The molecule has 24 heavy (non-hydrogen) atoms. The third kappa shape index (κ3) is 7.87. The van der Waals surface area contributed by atoms with Crippen LogP contribution in [0.2, 0.25) is 0 Å². The largest absolute Gasteiger partial charge is 0.355 e. The van der Waals surface area contributed by atoms with E-state index in [0.29, 0.717) is 16.5 Å². The number of nitrogens with one attached hydrogen (secondary N) is 3. The molecular formula is C15H23N5S4. The number of guanidine groups is 1. The van der Waals surface area contributed by atoms with Gasteiger partial charge in [-0.05, 0) is 0 Å². The van der Waals surface area contributed by atoms with Gasteiger partial charge in [-0.15, -0.1) is 46.2 Å². The summed E-state index contributed by atoms with van der Waals surface area (Å²) in [6.45, 7) is 5.90. The molecule has 0 amide bonds. The molecule has 0 fully saturated rings. The molecule has 9 heteroatoms. The van der Waals surface area contributed by atoms with Gasteiger partial charge in [0.2, 0.25) is 0 Å². The predicted octanol–water partition coefficient (Wildman–Crippen LogP) is 3.66. The summed E-state index contributed by atoms with van der Waals surface area (Å²) in [5.74, 6) is 2.27. The second kappa shape index (κ2) is 11.0. The maximum atomic E-state index is 7.96. The van der Waals surface area contributed by atoms with Gasteiger partial charge < -0.3 is 10.6 Å². The van der Waals surface area contributed by atoms with Gasteiger partial charge in [-0.2, -0.15) is 0 Å². The summed E-state index contributed by atoms with van der Waals surface area (Å²) in [6.07, 6.45) is 3.69. The zero-order chi connectivity index (χ0) is 17.2. The average Bonchev–Trinajstić information content (AvgIpc) is 3.27. The number of hydrogen-bond acceptors (Lipinski definition) is 7. The molecule has 3 N–H and O–H groups in total. The molecule has 0 aromatic carbocycles. The Morgan fingerprint density at radius 1 is 1.00 bits per heavy atom. The van der Waals surface area contributed by atoms with E-state index in [1.807, 2.05) is 46.7 Å². The highest BCUT2D eigenvalue weighted by atomic mass is 32.2. The second-order valence-corrected chi connectivity index (χ2v) is 10.0. The van der Waals surface area contributed by atoms with Gasteiger partial charge >= 0.3 is 0 Å². The molecule has 5 nitrogen and oxygen atoms in total. The normalized spacial score (nSPS) is 13.4. The van der Waals surface area contributed by atoms with E-state index < -0.39 is 0 Å². The molecule has 132 valence electrons. The zero-order valence-electron chi connectivity index (χ0n) is 13.8. The number of hydrogen-bond donors (Lipinski definition) is 3. The number of rotatable bonds is 10. The Bertz CT molecular complexity index is 522. The van der Waals surface area contributed by atoms with Crippen LogP contribution in [0.4, 0.5) is 0 Å². The number of thiazole rings is 2. The molecule has 2 unspecified atom stereocenters. The molecule has 0 saturated carbocycles. The Morgan fingerprint density at radius 2 is 1.46 bits per heavy atom. The van der Waals surface area contributed by atoms with E-state index in [-0.39, 0.29) is 0 Å². The van der Waals surface area contributed by atoms with E-state index >= 15 is 0 Å². The summed E-state index contributed by atoms with van der Waals surface area (Å²) in [5.41, 5.74) is 0. The quantitative estimate of drug-likeness (QED) is 0.417. The Kier molecular flexibility index (Phi) is 8.93. The molecule has 0 saturated heterocycles. The first-order valence-corrected chi connectivity index (χ1v) is 11.6. The number of thioether (sulfide) groups is 2. The lowest BCUT2D eigenvalue weighted by atomic mass is 10.4. The topological polar surface area (TPSA) is 73.7 Å². The first kappa shape index (κ1) is 19.6. The first-order valence-electron chi connectivity index (χ1n) is 7.69. The van der Waals surface area contributed by atoms with Crippen molar-refractivity contribution in [3.63, 3.8) is 0 Å². The summed E-state index contributed by atoms with van der Waals surface area (Å²) in [6, 6.07) is 0. The lowest BCUT2D eigenvalue weighted by molar-refractivity contribution is 0.773. The van der Waals surface area contributed by atoms with Crippen LogP contribution in [-0.2, 0) is 11.5 Å². The highest BCUT2D eigenvalue weighted by molar-refractivity contribution is 7.99. The van der Waals surface area contributed by atoms with Crippen molar-refractivity contribution in [2.45, 2.75) is 35.9 Å². The fourth-order valence-electron chi connectivity index (χ4n) is 1.75. The lowest BCUT2D eigenvalue weighted by Gasteiger charge is -2.16. The third-order valence-corrected chi connectivity index (χ3v) is 7.36. The minimum atomic E-state index is 0.401. The fraction of sp³-hybridized carbons (Fsp3) is 0.533. The van der Waals surface area contributed by atoms with Crippen molar-refractivity contribution in [2.75, 3.05) is 13.1 Å². The summed E-state index contributed by atoms with van der Waals surface area (Å²) in [7, 11) is 0. The molecule has 0 spiro atoms. The molecule has 0 aliphatic heterocycles. The Balaban J connectivity index is 1.52. The predicted molar refractivity (Wildman–Crippen MR) is 109 cm³/mol. The van der Waals surface area contributed by atoms with Crippen LogP contribution < -0.4 is 10.6 Å². The molecular weight excluding hydrogens is 378 g/mol. The van der Waals surface area contributed by atoms with Crippen LogP contribution in [0.1, 0.15) is 23.9 Å². The monoisotopic (exact) mass is 401 g/mol. The fourth-order valence-corrected chi connectivity index (χ4v) is 4.91. The van der Waals surface area contributed by atoms with Gasteiger partial charge in [0.1, 0.15) is 10.0 Å². The molecule has 2 aromatic rings. The van der Waals surface area contributed by atoms with Crippen LogP contribution in [-0.4, -0.2) is 39.5 Å². The highest BCUT2D eigenvalue weighted by Crippen LogP contribution is 2.19. The van der Waals surface area contributed by atoms with Gasteiger partial charge in [0.25, 0.3) is 0 Å². The van der Waals surface area contributed by atoms with Crippen LogP contribution in [0.25, 0.3) is 0 Å². The van der Waals surface area contributed by atoms with Crippen LogP contribution >= 0.6 is 46.2 Å². The summed E-state index contributed by atoms with van der Waals surface area (Å²) in [4.78, 5) is 8.57. The molecule has 2 rings (SSSR count). The molecule has 2 heterocycles. The van der Waals surface area contributed by atoms with Crippen molar-refractivity contribution in [3.05, 3.63) is 33.2 Å². The van der Waals surface area contributed by atoms with E-state index in [4.69, 9.17) is 5.41 Å².